The first-order chi connectivity index (χ1) is 8.18. The van der Waals surface area contributed by atoms with Crippen LogP contribution >= 0.6 is 11.8 Å². The summed E-state index contributed by atoms with van der Waals surface area (Å²) in [6, 6.07) is 10.2. The summed E-state index contributed by atoms with van der Waals surface area (Å²) < 4.78 is 2.01. The van der Waals surface area contributed by atoms with Crippen LogP contribution in [0.3, 0.4) is 0 Å². The van der Waals surface area contributed by atoms with E-state index in [9.17, 15) is 0 Å². The Kier molecular flexibility index (Phi) is 3.86. The van der Waals surface area contributed by atoms with Crippen LogP contribution in [0, 0.1) is 0 Å². The summed E-state index contributed by atoms with van der Waals surface area (Å²) in [4.78, 5) is 4.30. The Labute approximate surface area is 106 Å². The second kappa shape index (κ2) is 5.38. The molecule has 0 aliphatic heterocycles. The Bertz CT molecular complexity index is 467. The molecule has 0 fully saturated rings. The molecule has 1 aromatic heterocycles. The van der Waals surface area contributed by atoms with Gasteiger partial charge in [0.2, 0.25) is 0 Å². The number of benzene rings is 1. The fourth-order valence-corrected chi connectivity index (χ4v) is 2.64. The second-order valence-electron chi connectivity index (χ2n) is 4.08. The average molecular weight is 247 g/mol. The van der Waals surface area contributed by atoms with Crippen molar-refractivity contribution in [3.05, 3.63) is 48.3 Å². The topological polar surface area (TPSA) is 43.8 Å². The molecule has 90 valence electrons. The van der Waals surface area contributed by atoms with Crippen molar-refractivity contribution in [1.29, 1.82) is 0 Å². The largest absolute Gasteiger partial charge is 0.329 e. The van der Waals surface area contributed by atoms with E-state index in [-0.39, 0.29) is 6.04 Å². The molecule has 3 nitrogen and oxygen atoms in total. The SMILES string of the molecule is CC(Sc1nccn1C)C(N)c1ccccc1. The monoisotopic (exact) mass is 247 g/mol. The van der Waals surface area contributed by atoms with E-state index in [2.05, 4.69) is 24.0 Å². The highest BCUT2D eigenvalue weighted by atomic mass is 32.2. The lowest BCUT2D eigenvalue weighted by molar-refractivity contribution is 0.705. The molecular weight excluding hydrogens is 230 g/mol. The number of hydrogen-bond donors (Lipinski definition) is 1. The van der Waals surface area contributed by atoms with E-state index in [1.54, 1.807) is 11.8 Å². The lowest BCUT2D eigenvalue weighted by atomic mass is 10.1. The molecule has 1 heterocycles. The van der Waals surface area contributed by atoms with Gasteiger partial charge in [-0.15, -0.1) is 0 Å². The standard InChI is InChI=1S/C13H17N3S/c1-10(17-13-15-8-9-16(13)2)12(14)11-6-4-3-5-7-11/h3-10,12H,14H2,1-2H3. The Morgan fingerprint density at radius 3 is 2.59 bits per heavy atom. The van der Waals surface area contributed by atoms with Gasteiger partial charge in [-0.1, -0.05) is 49.0 Å². The molecule has 1 aromatic carbocycles. The number of aryl methyl sites for hydroxylation is 1. The summed E-state index contributed by atoms with van der Waals surface area (Å²) in [5.74, 6) is 0. The van der Waals surface area contributed by atoms with Crippen LogP contribution in [0.5, 0.6) is 0 Å². The van der Waals surface area contributed by atoms with E-state index in [1.807, 2.05) is 42.2 Å². The van der Waals surface area contributed by atoms with E-state index in [4.69, 9.17) is 5.73 Å². The lowest BCUT2D eigenvalue weighted by Gasteiger charge is -2.19. The molecule has 0 bridgehead atoms. The Morgan fingerprint density at radius 1 is 1.29 bits per heavy atom. The molecule has 0 aliphatic carbocycles. The van der Waals surface area contributed by atoms with E-state index in [0.29, 0.717) is 5.25 Å². The Hall–Kier alpha value is -1.26. The summed E-state index contributed by atoms with van der Waals surface area (Å²) in [6.07, 6.45) is 3.76. The van der Waals surface area contributed by atoms with Crippen LogP contribution in [0.1, 0.15) is 18.5 Å². The zero-order chi connectivity index (χ0) is 12.3. The van der Waals surface area contributed by atoms with Crippen LogP contribution in [0.15, 0.2) is 47.9 Å². The van der Waals surface area contributed by atoms with Crippen LogP contribution in [-0.2, 0) is 7.05 Å². The predicted molar refractivity (Wildman–Crippen MR) is 71.9 cm³/mol. The minimum Gasteiger partial charge on any atom is -0.329 e. The number of rotatable bonds is 4. The van der Waals surface area contributed by atoms with Crippen molar-refractivity contribution in [3.63, 3.8) is 0 Å². The molecule has 2 N–H and O–H groups in total. The molecule has 0 radical (unpaired) electrons. The number of hydrogen-bond acceptors (Lipinski definition) is 3. The molecule has 2 atom stereocenters. The second-order valence-corrected chi connectivity index (χ2v) is 5.42. The van der Waals surface area contributed by atoms with Crippen LogP contribution in [0.25, 0.3) is 0 Å². The molecule has 2 rings (SSSR count). The zero-order valence-corrected chi connectivity index (χ0v) is 10.9. The third-order valence-corrected chi connectivity index (χ3v) is 4.03. The number of nitrogens with zero attached hydrogens (tertiary/aromatic N) is 2. The van der Waals surface area contributed by atoms with Crippen molar-refractivity contribution in [3.8, 4) is 0 Å². The van der Waals surface area contributed by atoms with Gasteiger partial charge < -0.3 is 10.3 Å². The van der Waals surface area contributed by atoms with E-state index in [0.717, 1.165) is 5.16 Å². The quantitative estimate of drug-likeness (QED) is 0.845. The van der Waals surface area contributed by atoms with Crippen LogP contribution < -0.4 is 5.73 Å². The van der Waals surface area contributed by atoms with Crippen LogP contribution in [0.2, 0.25) is 0 Å². The third kappa shape index (κ3) is 2.90. The summed E-state index contributed by atoms with van der Waals surface area (Å²) >= 11 is 1.71. The van der Waals surface area contributed by atoms with Crippen molar-refractivity contribution >= 4 is 11.8 Å². The predicted octanol–water partition coefficient (Wildman–Crippen LogP) is 2.60. The normalized spacial score (nSPS) is 14.5. The number of thioether (sulfide) groups is 1. The lowest BCUT2D eigenvalue weighted by Crippen LogP contribution is -2.21. The maximum atomic E-state index is 6.25. The molecule has 0 spiro atoms. The number of aromatic nitrogens is 2. The molecule has 4 heteroatoms. The van der Waals surface area contributed by atoms with Gasteiger partial charge in [0, 0.05) is 30.7 Å². The highest BCUT2D eigenvalue weighted by molar-refractivity contribution is 7.99. The Morgan fingerprint density at radius 2 is 2.00 bits per heavy atom. The molecule has 17 heavy (non-hydrogen) atoms. The summed E-state index contributed by atoms with van der Waals surface area (Å²) in [5, 5.41) is 1.29. The maximum absolute atomic E-state index is 6.25. The van der Waals surface area contributed by atoms with E-state index >= 15 is 0 Å². The smallest absolute Gasteiger partial charge is 0.167 e. The highest BCUT2D eigenvalue weighted by Gasteiger charge is 2.17. The molecule has 2 aromatic rings. The molecule has 0 saturated heterocycles. The van der Waals surface area contributed by atoms with Gasteiger partial charge in [0.1, 0.15) is 0 Å². The van der Waals surface area contributed by atoms with Crippen molar-refractivity contribution in [2.24, 2.45) is 12.8 Å². The first kappa shape index (κ1) is 12.2. The van der Waals surface area contributed by atoms with Crippen molar-refractivity contribution in [1.82, 2.24) is 9.55 Å². The molecule has 0 aliphatic rings. The van der Waals surface area contributed by atoms with Gasteiger partial charge in [-0.2, -0.15) is 0 Å². The van der Waals surface area contributed by atoms with Gasteiger partial charge in [0.25, 0.3) is 0 Å². The summed E-state index contributed by atoms with van der Waals surface area (Å²) in [5.41, 5.74) is 7.42. The van der Waals surface area contributed by atoms with Crippen LogP contribution in [0.4, 0.5) is 0 Å². The molecule has 0 amide bonds. The molecule has 0 saturated carbocycles. The maximum Gasteiger partial charge on any atom is 0.167 e. The van der Waals surface area contributed by atoms with Gasteiger partial charge in [-0.05, 0) is 5.56 Å². The summed E-state index contributed by atoms with van der Waals surface area (Å²) in [6.45, 7) is 2.14. The Balaban J connectivity index is 2.06. The highest BCUT2D eigenvalue weighted by Crippen LogP contribution is 2.29. The van der Waals surface area contributed by atoms with Crippen molar-refractivity contribution in [2.45, 2.75) is 23.4 Å². The summed E-state index contributed by atoms with van der Waals surface area (Å²) in [7, 11) is 2.00. The molecular formula is C13H17N3S. The third-order valence-electron chi connectivity index (χ3n) is 2.76. The van der Waals surface area contributed by atoms with Gasteiger partial charge in [-0.25, -0.2) is 4.98 Å². The molecule has 2 unspecified atom stereocenters. The first-order valence-corrected chi connectivity index (χ1v) is 6.51. The van der Waals surface area contributed by atoms with Crippen LogP contribution in [-0.4, -0.2) is 14.8 Å². The van der Waals surface area contributed by atoms with E-state index in [1.165, 1.54) is 5.56 Å². The average Bonchev–Trinajstić information content (AvgIpc) is 2.75. The van der Waals surface area contributed by atoms with Crippen molar-refractivity contribution < 1.29 is 0 Å². The van der Waals surface area contributed by atoms with Crippen molar-refractivity contribution in [2.75, 3.05) is 0 Å². The zero-order valence-electron chi connectivity index (χ0n) is 10.1. The number of imidazole rings is 1. The fourth-order valence-electron chi connectivity index (χ4n) is 1.65. The minimum atomic E-state index is 0.0258. The fraction of sp³-hybridized carbons (Fsp3) is 0.308. The van der Waals surface area contributed by atoms with Gasteiger partial charge in [0.05, 0.1) is 0 Å². The van der Waals surface area contributed by atoms with E-state index < -0.39 is 0 Å². The minimum absolute atomic E-state index is 0.0258. The van der Waals surface area contributed by atoms with Gasteiger partial charge >= 0.3 is 0 Å². The van der Waals surface area contributed by atoms with Gasteiger partial charge in [-0.3, -0.25) is 0 Å². The van der Waals surface area contributed by atoms with Gasteiger partial charge in [0.15, 0.2) is 5.16 Å². The first-order valence-electron chi connectivity index (χ1n) is 5.63. The number of nitrogens with two attached hydrogens (primary N) is 1.